The van der Waals surface area contributed by atoms with Crippen LogP contribution >= 0.6 is 45.6 Å². The van der Waals surface area contributed by atoms with Crippen LogP contribution in [0.3, 0.4) is 0 Å². The van der Waals surface area contributed by atoms with Gasteiger partial charge in [-0.2, -0.15) is 0 Å². The molecule has 137 heavy (non-hydrogen) atoms. The second-order valence-electron chi connectivity index (χ2n) is 32.5. The SMILES string of the molecule is CCOC(=O)c1csc(NCc2cccc3nc([C@@H](N)CC)n(-c4ccccc4)c(=O)c23)n1.CCOC(=O)c1csc(NCc2cccc3nc([C@H](CC)NC(=O)OC(C)(C)C)n(-c4ccccc4)c(=O)c23)n1.CCOC(=O)c1csc(NCc2cccc3nc([C@H](CC)Nc4ncnc5c4ncn5C4CCCCO4)n(-c4ccccc4)c(=O)c23)n1.Clc1ncnc2c1ncn2C1CCCCO1. The molecule has 2 unspecified atom stereocenters. The van der Waals surface area contributed by atoms with Crippen molar-refractivity contribution in [2.75, 3.05) is 54.3 Å². The number of benzene rings is 6. The van der Waals surface area contributed by atoms with Gasteiger partial charge in [0.15, 0.2) is 60.3 Å². The first-order valence-electron chi connectivity index (χ1n) is 45.2. The Morgan fingerprint density at radius 3 is 1.24 bits per heavy atom. The number of hydrogen-bond donors (Lipinski definition) is 6. The Labute approximate surface area is 803 Å². The van der Waals surface area contributed by atoms with Crippen molar-refractivity contribution >= 4 is 146 Å². The molecule has 2 aliphatic heterocycles. The van der Waals surface area contributed by atoms with Crippen molar-refractivity contribution in [1.82, 2.24) is 88.0 Å². The Balaban J connectivity index is 0.000000146. The first-order chi connectivity index (χ1) is 66.5. The Morgan fingerprint density at radius 2 is 0.854 bits per heavy atom. The van der Waals surface area contributed by atoms with Gasteiger partial charge < -0.3 is 60.7 Å². The minimum Gasteiger partial charge on any atom is -0.461 e. The summed E-state index contributed by atoms with van der Waals surface area (Å²) in [4.78, 5) is 145. The van der Waals surface area contributed by atoms with Gasteiger partial charge in [-0.15, -0.1) is 34.0 Å². The normalized spacial score (nSPS) is 14.3. The van der Waals surface area contributed by atoms with Crippen LogP contribution in [0.25, 0.3) is 72.1 Å². The summed E-state index contributed by atoms with van der Waals surface area (Å²) in [6, 6.07) is 43.4. The van der Waals surface area contributed by atoms with Gasteiger partial charge in [0.25, 0.3) is 16.7 Å². The van der Waals surface area contributed by atoms with E-state index in [4.69, 9.17) is 60.7 Å². The number of anilines is 4. The highest BCUT2D eigenvalue weighted by Gasteiger charge is 2.31. The quantitative estimate of drug-likeness (QED) is 0.0144. The van der Waals surface area contributed by atoms with Crippen LogP contribution in [0.2, 0.25) is 5.15 Å². The molecule has 1 amide bonds. The standard InChI is InChI=1S/C34H35N9O4S.C29H33N5O5S.C24H25N5O3S.C10H11ClN4O/c1-3-23(39-29-28-31(37-19-36-29)42(20-38-28)26-15-8-9-16-47-26)30-40-24-14-10-11-21(17-35-34-41-25(18-48-34)33(45)46-4-2)27(24)32(44)43(30)22-12-6-5-7-13-22;1-6-20(33-28(37)39-29(3,4)5)24-31-21-15-11-12-18(16-30-27-32-22(17-40-27)26(36)38-7-2)23(21)25(35)34(24)19-13-9-8-10-14-19;1-3-17(25)21-27-18-12-8-9-15(13-26-24-28-19(14-33-24)23(31)32-4-2)20(18)22(30)29(21)16-10-6-5-7-11-16;11-9-8-10(13-5-12-9)15(6-14-8)7-3-1-2-4-16-7/h5-7,10-14,18-20,23,26H,3-4,8-9,15-17H2,1-2H3,(H,35,41)(H,36,37,39);8-15,17,20H,6-7,16H2,1-5H3,(H,30,32)(H,33,37);5-12,14,17H,3-4,13,25H2,1-2H3,(H,26,28);5-7H,1-4H2/t23-,26?;20-;17-;/m000./s1. The molecular weight excluding hydrogens is 1830 g/mol. The van der Waals surface area contributed by atoms with Crippen molar-refractivity contribution in [2.45, 2.75) is 176 Å². The van der Waals surface area contributed by atoms with E-state index in [1.54, 1.807) is 90.1 Å². The molecule has 0 aliphatic carbocycles. The van der Waals surface area contributed by atoms with E-state index >= 15 is 0 Å². The molecular formula is C97H104ClN23O13S3. The molecule has 12 heterocycles. The molecule has 2 aliphatic rings. The molecule has 36 nitrogen and oxygen atoms in total. The monoisotopic (exact) mass is 1930 g/mol. The van der Waals surface area contributed by atoms with E-state index in [1.165, 1.54) is 53.1 Å². The molecule has 40 heteroatoms. The van der Waals surface area contributed by atoms with Crippen molar-refractivity contribution in [2.24, 2.45) is 5.73 Å². The molecule has 2 saturated heterocycles. The molecule has 710 valence electrons. The average molecular weight is 1930 g/mol. The number of nitrogens with zero attached hydrogens (tertiary/aromatic N) is 17. The second-order valence-corrected chi connectivity index (χ2v) is 35.4. The van der Waals surface area contributed by atoms with Crippen molar-refractivity contribution in [1.29, 1.82) is 0 Å². The van der Waals surface area contributed by atoms with Gasteiger partial charge in [-0.3, -0.25) is 37.2 Å². The molecule has 5 atom stereocenters. The molecule has 18 rings (SSSR count). The van der Waals surface area contributed by atoms with Crippen LogP contribution in [-0.2, 0) is 48.1 Å². The summed E-state index contributed by atoms with van der Waals surface area (Å²) in [6.07, 6.45) is 13.9. The van der Waals surface area contributed by atoms with Crippen LogP contribution < -0.4 is 49.0 Å². The number of ether oxygens (including phenoxy) is 6. The van der Waals surface area contributed by atoms with E-state index in [0.717, 1.165) is 61.2 Å². The van der Waals surface area contributed by atoms with Crippen LogP contribution in [-0.4, -0.2) is 145 Å². The smallest absolute Gasteiger partial charge is 0.408 e. The predicted octanol–water partition coefficient (Wildman–Crippen LogP) is 17.9. The van der Waals surface area contributed by atoms with E-state index < -0.39 is 41.7 Å². The van der Waals surface area contributed by atoms with Gasteiger partial charge in [0.1, 0.15) is 53.7 Å². The van der Waals surface area contributed by atoms with Gasteiger partial charge in [-0.25, -0.2) is 79.0 Å². The summed E-state index contributed by atoms with van der Waals surface area (Å²) in [6.45, 7) is 19.8. The fourth-order valence-electron chi connectivity index (χ4n) is 15.6. The molecule has 7 N–H and O–H groups in total. The number of carbonyl (C=O) groups is 4. The third kappa shape index (κ3) is 23.0. The number of carbonyl (C=O) groups excluding carboxylic acids is 4. The lowest BCUT2D eigenvalue weighted by Gasteiger charge is -2.25. The number of halogens is 1. The van der Waals surface area contributed by atoms with Gasteiger partial charge in [-0.05, 0) is 171 Å². The number of aromatic nitrogens is 17. The van der Waals surface area contributed by atoms with Gasteiger partial charge in [0, 0.05) is 49.0 Å². The zero-order chi connectivity index (χ0) is 96.2. The number of alkyl carbamates (subject to hydrolysis) is 1. The number of amides is 1. The molecule has 10 aromatic heterocycles. The highest BCUT2D eigenvalue weighted by molar-refractivity contribution is 7.14. The average Bonchev–Trinajstić information content (AvgIpc) is 1.41. The first kappa shape index (κ1) is 97.3. The lowest BCUT2D eigenvalue weighted by molar-refractivity contribution is -0.0299. The number of fused-ring (bicyclic) bond motifs is 5. The van der Waals surface area contributed by atoms with Gasteiger partial charge in [0.2, 0.25) is 0 Å². The minimum atomic E-state index is -0.672. The summed E-state index contributed by atoms with van der Waals surface area (Å²) in [5.74, 6) is 0.631. The summed E-state index contributed by atoms with van der Waals surface area (Å²) in [5.41, 5.74) is 14.4. The van der Waals surface area contributed by atoms with Gasteiger partial charge in [-0.1, -0.05) is 123 Å². The van der Waals surface area contributed by atoms with Crippen molar-refractivity contribution < 1.29 is 47.6 Å². The fourth-order valence-corrected chi connectivity index (χ4v) is 17.9. The highest BCUT2D eigenvalue weighted by Crippen LogP contribution is 2.35. The van der Waals surface area contributed by atoms with Crippen molar-refractivity contribution in [3.8, 4) is 17.1 Å². The van der Waals surface area contributed by atoms with E-state index in [2.05, 4.69) is 71.4 Å². The minimum absolute atomic E-state index is 0.0321. The summed E-state index contributed by atoms with van der Waals surface area (Å²) >= 11 is 9.82. The summed E-state index contributed by atoms with van der Waals surface area (Å²) < 4.78 is 40.9. The maximum Gasteiger partial charge on any atom is 0.408 e. The molecule has 0 bridgehead atoms. The molecule has 6 aromatic carbocycles. The fraction of sp³-hybridized carbons (Fsp3) is 0.330. The van der Waals surface area contributed by atoms with Gasteiger partial charge in [0.05, 0.1) is 100 Å². The van der Waals surface area contributed by atoms with Crippen LogP contribution in [0.15, 0.2) is 201 Å². The van der Waals surface area contributed by atoms with Crippen LogP contribution in [0, 0.1) is 0 Å². The predicted molar refractivity (Wildman–Crippen MR) is 528 cm³/mol. The maximum atomic E-state index is 14.5. The zero-order valence-corrected chi connectivity index (χ0v) is 80.1. The summed E-state index contributed by atoms with van der Waals surface area (Å²) in [7, 11) is 0. The van der Waals surface area contributed by atoms with E-state index in [-0.39, 0.29) is 72.0 Å². The molecule has 0 radical (unpaired) electrons. The number of imidazole rings is 2. The van der Waals surface area contributed by atoms with E-state index in [0.29, 0.717) is 156 Å². The number of para-hydroxylation sites is 3. The molecule has 0 saturated carbocycles. The number of rotatable bonds is 29. The van der Waals surface area contributed by atoms with Crippen molar-refractivity contribution in [3.05, 3.63) is 275 Å². The topological polar surface area (TPSA) is 440 Å². The third-order valence-corrected chi connectivity index (χ3v) is 24.8. The van der Waals surface area contributed by atoms with Crippen LogP contribution in [0.4, 0.5) is 26.0 Å². The Morgan fingerprint density at radius 1 is 0.467 bits per heavy atom. The second kappa shape index (κ2) is 45.4. The molecule has 2 fully saturated rings. The summed E-state index contributed by atoms with van der Waals surface area (Å²) in [5, 5.41) is 24.5. The van der Waals surface area contributed by atoms with Crippen LogP contribution in [0.1, 0.15) is 216 Å². The number of hydrogen-bond acceptors (Lipinski definition) is 33. The van der Waals surface area contributed by atoms with Gasteiger partial charge >= 0.3 is 24.0 Å². The number of esters is 3. The Hall–Kier alpha value is -14.2. The van der Waals surface area contributed by atoms with E-state index in [1.807, 2.05) is 169 Å². The first-order valence-corrected chi connectivity index (χ1v) is 48.2. The molecule has 16 aromatic rings. The third-order valence-electron chi connectivity index (χ3n) is 22.1. The largest absolute Gasteiger partial charge is 0.461 e. The lowest BCUT2D eigenvalue weighted by Crippen LogP contribution is -2.38. The highest BCUT2D eigenvalue weighted by atomic mass is 35.5. The number of thiazole rings is 3. The van der Waals surface area contributed by atoms with E-state index in [9.17, 15) is 33.6 Å². The van der Waals surface area contributed by atoms with Crippen molar-refractivity contribution in [3.63, 3.8) is 0 Å². The number of nitrogens with one attached hydrogen (secondary N) is 5. The lowest BCUT2D eigenvalue weighted by atomic mass is 10.1. The Bertz CT molecular complexity index is 7120. The van der Waals surface area contributed by atoms with Crippen LogP contribution in [0.5, 0.6) is 0 Å². The zero-order valence-electron chi connectivity index (χ0n) is 76.9. The number of nitrogens with two attached hydrogens (primary N) is 1. The molecule has 0 spiro atoms. The maximum absolute atomic E-state index is 14.5. The Kier molecular flexibility index (Phi) is 32.3.